The maximum atomic E-state index is 12.8. The number of carbonyl (C=O) groups is 4. The zero-order valence-corrected chi connectivity index (χ0v) is 16.9. The van der Waals surface area contributed by atoms with E-state index in [1.807, 2.05) is 13.8 Å². The van der Waals surface area contributed by atoms with Crippen molar-refractivity contribution in [2.45, 2.75) is 38.8 Å². The van der Waals surface area contributed by atoms with Crippen molar-refractivity contribution in [2.75, 3.05) is 47.4 Å². The molecule has 154 valence electrons. The van der Waals surface area contributed by atoms with Gasteiger partial charge in [0.15, 0.2) is 0 Å². The topological polar surface area (TPSA) is 99.3 Å². The molecule has 2 atom stereocenters. The van der Waals surface area contributed by atoms with Gasteiger partial charge in [0.05, 0.1) is 19.7 Å². The van der Waals surface area contributed by atoms with Crippen LogP contribution in [0.4, 0.5) is 0 Å². The van der Waals surface area contributed by atoms with E-state index in [4.69, 9.17) is 0 Å². The minimum Gasteiger partial charge on any atom is -0.468 e. The van der Waals surface area contributed by atoms with Gasteiger partial charge >= 0.3 is 5.97 Å². The van der Waals surface area contributed by atoms with E-state index in [9.17, 15) is 19.2 Å². The highest BCUT2D eigenvalue weighted by molar-refractivity contribution is 5.85. The van der Waals surface area contributed by atoms with Crippen LogP contribution >= 0.6 is 0 Å². The molecule has 0 saturated carbocycles. The van der Waals surface area contributed by atoms with Crippen molar-refractivity contribution < 1.29 is 23.9 Å². The Morgan fingerprint density at radius 3 is 2.52 bits per heavy atom. The fraction of sp³-hybridized carbons (Fsp3) is 0.778. The molecule has 3 amide bonds. The van der Waals surface area contributed by atoms with Crippen molar-refractivity contribution in [3.63, 3.8) is 0 Å². The first-order valence-electron chi connectivity index (χ1n) is 9.21. The van der Waals surface area contributed by atoms with Crippen LogP contribution < -0.4 is 5.32 Å². The van der Waals surface area contributed by atoms with E-state index in [0.717, 1.165) is 19.4 Å². The summed E-state index contributed by atoms with van der Waals surface area (Å²) in [6, 6.07) is -0.400. The van der Waals surface area contributed by atoms with Crippen LogP contribution in [0.3, 0.4) is 0 Å². The Kier molecular flexibility index (Phi) is 9.20. The molecule has 0 bridgehead atoms. The molecule has 0 aromatic carbocycles. The number of carbonyl (C=O) groups excluding carboxylic acids is 4. The van der Waals surface area contributed by atoms with Gasteiger partial charge < -0.3 is 19.9 Å². The smallest absolute Gasteiger partial charge is 0.325 e. The summed E-state index contributed by atoms with van der Waals surface area (Å²) in [7, 11) is 4.61. The maximum Gasteiger partial charge on any atom is 0.325 e. The summed E-state index contributed by atoms with van der Waals surface area (Å²) in [4.78, 5) is 52.0. The first-order chi connectivity index (χ1) is 12.7. The second kappa shape index (κ2) is 10.9. The highest BCUT2D eigenvalue weighted by atomic mass is 16.5. The molecule has 0 aromatic heterocycles. The first kappa shape index (κ1) is 22.9. The van der Waals surface area contributed by atoms with Crippen LogP contribution in [0.2, 0.25) is 0 Å². The normalized spacial score (nSPS) is 18.1. The number of methoxy groups -OCH3 is 1. The number of esters is 1. The Balaban J connectivity index is 2.79. The summed E-state index contributed by atoms with van der Waals surface area (Å²) in [5.74, 6) is -0.564. The highest BCUT2D eigenvalue weighted by Gasteiger charge is 2.36. The summed E-state index contributed by atoms with van der Waals surface area (Å²) in [5.41, 5.74) is 0. The molecular formula is C18H32N4O5. The molecule has 1 saturated heterocycles. The lowest BCUT2D eigenvalue weighted by Crippen LogP contribution is -2.53. The average molecular weight is 384 g/mol. The molecule has 1 aliphatic heterocycles. The van der Waals surface area contributed by atoms with Gasteiger partial charge in [-0.3, -0.25) is 24.1 Å². The zero-order valence-electron chi connectivity index (χ0n) is 16.9. The monoisotopic (exact) mass is 384 g/mol. The molecule has 0 aromatic rings. The molecule has 0 spiro atoms. The van der Waals surface area contributed by atoms with Crippen LogP contribution in [0, 0.1) is 5.92 Å². The van der Waals surface area contributed by atoms with E-state index in [1.165, 1.54) is 12.0 Å². The Morgan fingerprint density at radius 1 is 1.30 bits per heavy atom. The molecule has 1 heterocycles. The number of nitrogens with zero attached hydrogens (tertiary/aromatic N) is 3. The summed E-state index contributed by atoms with van der Waals surface area (Å²) < 4.78 is 4.63. The van der Waals surface area contributed by atoms with Crippen LogP contribution in [-0.2, 0) is 23.9 Å². The third-order valence-corrected chi connectivity index (χ3v) is 5.04. The fourth-order valence-electron chi connectivity index (χ4n) is 3.37. The van der Waals surface area contributed by atoms with Gasteiger partial charge in [0.25, 0.3) is 0 Å². The van der Waals surface area contributed by atoms with E-state index in [1.54, 1.807) is 19.0 Å². The van der Waals surface area contributed by atoms with E-state index < -0.39 is 5.97 Å². The lowest BCUT2D eigenvalue weighted by atomic mass is 10.0. The van der Waals surface area contributed by atoms with Gasteiger partial charge in [0, 0.05) is 26.7 Å². The van der Waals surface area contributed by atoms with Gasteiger partial charge in [0.1, 0.15) is 6.54 Å². The fourth-order valence-corrected chi connectivity index (χ4v) is 3.37. The second-order valence-corrected chi connectivity index (χ2v) is 7.24. The summed E-state index contributed by atoms with van der Waals surface area (Å²) in [6.07, 6.45) is 2.11. The predicted molar refractivity (Wildman–Crippen MR) is 99.7 cm³/mol. The number of nitrogens with one attached hydrogen (secondary N) is 1. The number of hydrogen-bond acceptors (Lipinski definition) is 6. The minimum absolute atomic E-state index is 0.0482. The first-order valence-corrected chi connectivity index (χ1v) is 9.21. The largest absolute Gasteiger partial charge is 0.468 e. The van der Waals surface area contributed by atoms with E-state index in [-0.39, 0.29) is 42.9 Å². The molecule has 0 aliphatic carbocycles. The van der Waals surface area contributed by atoms with Crippen molar-refractivity contribution in [3.8, 4) is 0 Å². The van der Waals surface area contributed by atoms with Gasteiger partial charge in [-0.05, 0) is 25.3 Å². The standard InChI is InChI=1S/C18H32N4O5/c1-13(2)15(21(4)16(24)9-19-12-23)10-22-8-6-7-14(22)18(26)20(3)11-17(25)27-5/h12-15H,6-11H2,1-5H3,(H,19,23)/t14-,15+/m0/s1. The molecule has 0 unspecified atom stereocenters. The summed E-state index contributed by atoms with van der Waals surface area (Å²) in [5, 5.41) is 2.39. The molecule has 0 radical (unpaired) electrons. The lowest BCUT2D eigenvalue weighted by Gasteiger charge is -2.36. The van der Waals surface area contributed by atoms with E-state index in [0.29, 0.717) is 13.0 Å². The van der Waals surface area contributed by atoms with Crippen LogP contribution in [-0.4, -0.2) is 98.4 Å². The zero-order chi connectivity index (χ0) is 20.6. The SMILES string of the molecule is COC(=O)CN(C)C(=O)[C@@H]1CCCN1C[C@H](C(C)C)N(C)C(=O)CNC=O. The van der Waals surface area contributed by atoms with Gasteiger partial charge in [-0.1, -0.05) is 13.8 Å². The molecule has 1 rings (SSSR count). The Bertz CT molecular complexity index is 540. The van der Waals surface area contributed by atoms with Crippen LogP contribution in [0.15, 0.2) is 0 Å². The van der Waals surface area contributed by atoms with Gasteiger partial charge in [0.2, 0.25) is 18.2 Å². The number of rotatable bonds is 10. The molecule has 1 N–H and O–H groups in total. The molecule has 27 heavy (non-hydrogen) atoms. The Morgan fingerprint density at radius 2 is 1.96 bits per heavy atom. The molecule has 1 fully saturated rings. The summed E-state index contributed by atoms with van der Waals surface area (Å²) in [6.45, 7) is 5.25. The van der Waals surface area contributed by atoms with Crippen molar-refractivity contribution in [2.24, 2.45) is 5.92 Å². The average Bonchev–Trinajstić information content (AvgIpc) is 3.10. The molecule has 9 heteroatoms. The molecular weight excluding hydrogens is 352 g/mol. The van der Waals surface area contributed by atoms with Crippen LogP contribution in [0.25, 0.3) is 0 Å². The predicted octanol–water partition coefficient (Wildman–Crippen LogP) is -0.689. The molecule has 9 nitrogen and oxygen atoms in total. The Hall–Kier alpha value is -2.16. The van der Waals surface area contributed by atoms with Crippen molar-refractivity contribution in [1.29, 1.82) is 0 Å². The van der Waals surface area contributed by atoms with Gasteiger partial charge in [-0.15, -0.1) is 0 Å². The number of hydrogen-bond donors (Lipinski definition) is 1. The lowest BCUT2D eigenvalue weighted by molar-refractivity contribution is -0.147. The van der Waals surface area contributed by atoms with Crippen molar-refractivity contribution >= 4 is 24.2 Å². The maximum absolute atomic E-state index is 12.8. The number of likely N-dealkylation sites (tertiary alicyclic amines) is 1. The van der Waals surface area contributed by atoms with Crippen molar-refractivity contribution in [1.82, 2.24) is 20.0 Å². The Labute approximate surface area is 161 Å². The third kappa shape index (κ3) is 6.50. The number of ether oxygens (including phenoxy) is 1. The van der Waals surface area contributed by atoms with Crippen LogP contribution in [0.1, 0.15) is 26.7 Å². The van der Waals surface area contributed by atoms with Crippen molar-refractivity contribution in [3.05, 3.63) is 0 Å². The van der Waals surface area contributed by atoms with Crippen LogP contribution in [0.5, 0.6) is 0 Å². The minimum atomic E-state index is -0.455. The summed E-state index contributed by atoms with van der Waals surface area (Å²) >= 11 is 0. The molecule has 1 aliphatic rings. The van der Waals surface area contributed by atoms with Gasteiger partial charge in [-0.25, -0.2) is 0 Å². The third-order valence-electron chi connectivity index (χ3n) is 5.04. The number of likely N-dealkylation sites (N-methyl/N-ethyl adjacent to an activating group) is 2. The van der Waals surface area contributed by atoms with Gasteiger partial charge in [-0.2, -0.15) is 0 Å². The number of amides is 3. The highest BCUT2D eigenvalue weighted by Crippen LogP contribution is 2.22. The van der Waals surface area contributed by atoms with E-state index in [2.05, 4.69) is 15.0 Å². The second-order valence-electron chi connectivity index (χ2n) is 7.24. The quantitative estimate of drug-likeness (QED) is 0.395. The van der Waals surface area contributed by atoms with E-state index >= 15 is 0 Å².